The second kappa shape index (κ2) is 10.8. The van der Waals surface area contributed by atoms with E-state index in [2.05, 4.69) is 10.6 Å². The van der Waals surface area contributed by atoms with Crippen molar-refractivity contribution >= 4 is 68.0 Å². The molecule has 0 aliphatic heterocycles. The monoisotopic (exact) mass is 562 g/mol. The lowest BCUT2D eigenvalue weighted by Gasteiger charge is -2.39. The first kappa shape index (κ1) is 27.6. The number of thiophene rings is 1. The first-order valence-electron chi connectivity index (χ1n) is 11.3. The van der Waals surface area contributed by atoms with Gasteiger partial charge in [-0.15, -0.1) is 11.3 Å². The number of hydrogen-bond donors (Lipinski definition) is 7. The normalized spacial score (nSPS) is 23.1. The zero-order valence-electron chi connectivity index (χ0n) is 19.6. The minimum atomic E-state index is -2.24. The number of amides is 2. The number of aromatic carboxylic acids is 1. The molecular formula is C25H23ClN2O9S. The van der Waals surface area contributed by atoms with Crippen LogP contribution in [0.15, 0.2) is 42.5 Å². The van der Waals surface area contributed by atoms with E-state index in [0.717, 1.165) is 22.1 Å². The van der Waals surface area contributed by atoms with E-state index in [4.69, 9.17) is 11.6 Å². The summed E-state index contributed by atoms with van der Waals surface area (Å²) >= 11 is 7.51. The minimum Gasteiger partial charge on any atom is -0.478 e. The number of carboxylic acids is 1. The minimum absolute atomic E-state index is 0.0381. The van der Waals surface area contributed by atoms with Gasteiger partial charge in [0.2, 0.25) is 5.91 Å². The molecule has 0 unspecified atom stereocenters. The van der Waals surface area contributed by atoms with Gasteiger partial charge in [-0.2, -0.15) is 0 Å². The van der Waals surface area contributed by atoms with E-state index >= 15 is 0 Å². The van der Waals surface area contributed by atoms with Crippen LogP contribution in [-0.2, 0) is 9.59 Å². The van der Waals surface area contributed by atoms with Gasteiger partial charge in [0.25, 0.3) is 5.91 Å². The number of nitrogens with one attached hydrogen (secondary N) is 2. The predicted octanol–water partition coefficient (Wildman–Crippen LogP) is 2.01. The van der Waals surface area contributed by atoms with Gasteiger partial charge in [0.1, 0.15) is 16.6 Å². The van der Waals surface area contributed by atoms with Gasteiger partial charge < -0.3 is 36.2 Å². The number of rotatable bonds is 7. The number of ketones is 1. The third-order valence-corrected chi connectivity index (χ3v) is 7.86. The molecule has 13 heteroatoms. The van der Waals surface area contributed by atoms with Crippen molar-refractivity contribution < 1.29 is 44.7 Å². The number of carbonyl (C=O) groups is 4. The van der Waals surface area contributed by atoms with Gasteiger partial charge in [0, 0.05) is 34.3 Å². The van der Waals surface area contributed by atoms with Crippen LogP contribution in [0.3, 0.4) is 0 Å². The highest BCUT2D eigenvalue weighted by atomic mass is 35.5. The van der Waals surface area contributed by atoms with Gasteiger partial charge >= 0.3 is 5.97 Å². The average Bonchev–Trinajstić information content (AvgIpc) is 3.19. The fourth-order valence-corrected chi connectivity index (χ4v) is 5.67. The van der Waals surface area contributed by atoms with Crippen molar-refractivity contribution in [1.82, 2.24) is 0 Å². The summed E-state index contributed by atoms with van der Waals surface area (Å²) in [5, 5.41) is 55.1. The SMILES string of the molecule is O=C(CC(=O)C1(O)C[C@@H](O)C(O)[C@H](O)C1)Nc1cc(NC(=O)c2sc3ccccc3c2Cl)cc(C(=O)O)c1. The summed E-state index contributed by atoms with van der Waals surface area (Å²) in [4.78, 5) is 49.9. The first-order chi connectivity index (χ1) is 17.9. The molecule has 1 aliphatic carbocycles. The molecule has 200 valence electrons. The van der Waals surface area contributed by atoms with Crippen molar-refractivity contribution in [2.24, 2.45) is 0 Å². The van der Waals surface area contributed by atoms with Gasteiger partial charge in [-0.05, 0) is 24.3 Å². The van der Waals surface area contributed by atoms with Crippen molar-refractivity contribution in [1.29, 1.82) is 0 Å². The standard InChI is InChI=1S/C25H23ClN2O9S/c26-20-14-3-1-2-4-17(14)38-22(20)23(34)28-13-6-11(24(35)36)5-12(7-13)27-19(32)8-18(31)25(37)9-15(29)21(33)16(30)10-25/h1-7,15-16,21,29-30,33,37H,8-10H2,(H,27,32)(H,28,34)(H,35,36)/t15-,16-,21?,25?/m1/s1. The Bertz CT molecular complexity index is 1430. The van der Waals surface area contributed by atoms with Crippen LogP contribution in [0.4, 0.5) is 11.4 Å². The van der Waals surface area contributed by atoms with Crippen LogP contribution in [0.2, 0.25) is 5.02 Å². The van der Waals surface area contributed by atoms with Crippen LogP contribution in [0.5, 0.6) is 0 Å². The quantitative estimate of drug-likeness (QED) is 0.211. The summed E-state index contributed by atoms with van der Waals surface area (Å²) in [6, 6.07) is 10.7. The van der Waals surface area contributed by atoms with Crippen molar-refractivity contribution in [2.75, 3.05) is 10.6 Å². The Kier molecular flexibility index (Phi) is 7.83. The molecule has 1 saturated carbocycles. The molecule has 1 fully saturated rings. The smallest absolute Gasteiger partial charge is 0.335 e. The lowest BCUT2D eigenvalue weighted by atomic mass is 9.76. The zero-order chi connectivity index (χ0) is 27.8. The average molecular weight is 563 g/mol. The number of Topliss-reactive ketones (excluding diaryl/α,β-unsaturated/α-hetero) is 1. The first-order valence-corrected chi connectivity index (χ1v) is 12.5. The van der Waals surface area contributed by atoms with E-state index in [0.29, 0.717) is 5.39 Å². The molecule has 3 aromatic rings. The van der Waals surface area contributed by atoms with Crippen molar-refractivity contribution in [2.45, 2.75) is 43.2 Å². The molecule has 7 N–H and O–H groups in total. The van der Waals surface area contributed by atoms with Crippen LogP contribution >= 0.6 is 22.9 Å². The fraction of sp³-hybridized carbons (Fsp3) is 0.280. The molecule has 4 rings (SSSR count). The van der Waals surface area contributed by atoms with Crippen LogP contribution in [0.1, 0.15) is 39.3 Å². The van der Waals surface area contributed by atoms with Crippen LogP contribution in [0.25, 0.3) is 10.1 Å². The number of carbonyl (C=O) groups excluding carboxylic acids is 3. The Balaban J connectivity index is 1.50. The molecule has 38 heavy (non-hydrogen) atoms. The van der Waals surface area contributed by atoms with Crippen LogP contribution < -0.4 is 10.6 Å². The molecule has 0 spiro atoms. The number of aliphatic hydroxyl groups excluding tert-OH is 3. The molecule has 0 saturated heterocycles. The Morgan fingerprint density at radius 3 is 2.18 bits per heavy atom. The van der Waals surface area contributed by atoms with E-state index in [-0.39, 0.29) is 26.8 Å². The lowest BCUT2D eigenvalue weighted by molar-refractivity contribution is -0.171. The molecule has 1 aromatic heterocycles. The summed E-state index contributed by atoms with van der Waals surface area (Å²) in [7, 11) is 0. The summed E-state index contributed by atoms with van der Waals surface area (Å²) in [5.41, 5.74) is -2.51. The largest absolute Gasteiger partial charge is 0.478 e. The summed E-state index contributed by atoms with van der Waals surface area (Å²) < 4.78 is 0.786. The second-order valence-corrected chi connectivity index (χ2v) is 10.4. The van der Waals surface area contributed by atoms with Crippen LogP contribution in [0, 0.1) is 0 Å². The molecule has 11 nitrogen and oxygen atoms in total. The number of carboxylic acid groups (broad SMARTS) is 1. The molecule has 2 amide bonds. The third kappa shape index (κ3) is 5.70. The summed E-state index contributed by atoms with van der Waals surface area (Å²) in [6.45, 7) is 0. The number of halogens is 1. The summed E-state index contributed by atoms with van der Waals surface area (Å²) in [6.07, 6.45) is -6.66. The predicted molar refractivity (Wildman–Crippen MR) is 139 cm³/mol. The van der Waals surface area contributed by atoms with E-state index in [1.54, 1.807) is 24.3 Å². The second-order valence-electron chi connectivity index (χ2n) is 9.01. The molecule has 0 radical (unpaired) electrons. The van der Waals surface area contributed by atoms with E-state index in [1.807, 2.05) is 0 Å². The van der Waals surface area contributed by atoms with Crippen molar-refractivity contribution in [3.63, 3.8) is 0 Å². The maximum Gasteiger partial charge on any atom is 0.335 e. The number of benzene rings is 2. The Hall–Kier alpha value is -3.39. The molecular weight excluding hydrogens is 540 g/mol. The Morgan fingerprint density at radius 1 is 0.974 bits per heavy atom. The van der Waals surface area contributed by atoms with E-state index in [1.165, 1.54) is 12.1 Å². The lowest BCUT2D eigenvalue weighted by Crippen LogP contribution is -2.56. The maximum absolute atomic E-state index is 12.9. The fourth-order valence-electron chi connectivity index (χ4n) is 4.26. The molecule has 2 atom stereocenters. The van der Waals surface area contributed by atoms with Gasteiger partial charge in [0.15, 0.2) is 5.78 Å². The number of fused-ring (bicyclic) bond motifs is 1. The number of hydrogen-bond acceptors (Lipinski definition) is 9. The Morgan fingerprint density at radius 2 is 1.58 bits per heavy atom. The van der Waals surface area contributed by atoms with Crippen molar-refractivity contribution in [3.05, 3.63) is 57.9 Å². The highest BCUT2D eigenvalue weighted by molar-refractivity contribution is 7.21. The van der Waals surface area contributed by atoms with Crippen LogP contribution in [-0.4, -0.2) is 73.0 Å². The maximum atomic E-state index is 12.9. The topological polar surface area (TPSA) is 193 Å². The van der Waals surface area contributed by atoms with E-state index in [9.17, 15) is 44.7 Å². The highest BCUT2D eigenvalue weighted by Crippen LogP contribution is 2.36. The molecule has 1 aliphatic rings. The zero-order valence-corrected chi connectivity index (χ0v) is 21.1. The van der Waals surface area contributed by atoms with Gasteiger partial charge in [-0.25, -0.2) is 4.79 Å². The van der Waals surface area contributed by atoms with Gasteiger partial charge in [0.05, 0.1) is 29.2 Å². The van der Waals surface area contributed by atoms with Gasteiger partial charge in [-0.1, -0.05) is 29.8 Å². The summed E-state index contributed by atoms with van der Waals surface area (Å²) in [5.74, 6) is -3.84. The third-order valence-electron chi connectivity index (χ3n) is 6.18. The van der Waals surface area contributed by atoms with Gasteiger partial charge in [-0.3, -0.25) is 14.4 Å². The Labute approximate surface area is 224 Å². The number of anilines is 2. The molecule has 0 bridgehead atoms. The molecule has 1 heterocycles. The number of aliphatic hydroxyl groups is 4. The molecule has 2 aromatic carbocycles. The highest BCUT2D eigenvalue weighted by Gasteiger charge is 2.48. The van der Waals surface area contributed by atoms with Crippen molar-refractivity contribution in [3.8, 4) is 0 Å². The van der Waals surface area contributed by atoms with E-state index < -0.39 is 66.7 Å².